The number of allylic oxidation sites excluding steroid dienone is 1. The molecule has 0 saturated heterocycles. The number of hydrogen-bond donors (Lipinski definition) is 1. The predicted molar refractivity (Wildman–Crippen MR) is 61.4 cm³/mol. The highest BCUT2D eigenvalue weighted by Crippen LogP contribution is 2.31. The fraction of sp³-hybridized carbons (Fsp3) is 0. The first kappa shape index (κ1) is 12.0. The van der Waals surface area contributed by atoms with Crippen LogP contribution in [0.15, 0.2) is 28.5 Å². The van der Waals surface area contributed by atoms with Crippen molar-refractivity contribution in [3.8, 4) is 12.1 Å². The lowest BCUT2D eigenvalue weighted by molar-refractivity contribution is -0.382. The minimum atomic E-state index is -0.652. The van der Waals surface area contributed by atoms with Crippen LogP contribution in [0.5, 0.6) is 0 Å². The number of nitriles is 2. The number of rotatable bonds is 3. The predicted octanol–water partition coefficient (Wildman–Crippen LogP) is 1.47. The first-order valence-corrected chi connectivity index (χ1v) is 4.84. The molecule has 19 heavy (non-hydrogen) atoms. The van der Waals surface area contributed by atoms with Crippen molar-refractivity contribution in [1.82, 2.24) is 10.3 Å². The molecular formula is C10H4N6O3. The van der Waals surface area contributed by atoms with Gasteiger partial charge in [-0.2, -0.15) is 10.5 Å². The van der Waals surface area contributed by atoms with Crippen molar-refractivity contribution in [1.29, 1.82) is 10.5 Å². The molecule has 0 atom stereocenters. The number of fused-ring (bicyclic) bond motifs is 1. The summed E-state index contributed by atoms with van der Waals surface area (Å²) >= 11 is 0. The smallest absolute Gasteiger partial charge is 0.323 e. The van der Waals surface area contributed by atoms with Crippen LogP contribution in [-0.4, -0.2) is 15.2 Å². The summed E-state index contributed by atoms with van der Waals surface area (Å²) in [5.74, 6) is 0. The molecule has 1 heterocycles. The van der Waals surface area contributed by atoms with Crippen molar-refractivity contribution in [2.75, 3.05) is 5.32 Å². The van der Waals surface area contributed by atoms with Crippen LogP contribution < -0.4 is 5.32 Å². The lowest BCUT2D eigenvalue weighted by Crippen LogP contribution is -1.98. The van der Waals surface area contributed by atoms with Crippen molar-refractivity contribution < 1.29 is 9.55 Å². The van der Waals surface area contributed by atoms with Crippen LogP contribution in [0.25, 0.3) is 11.0 Å². The zero-order valence-corrected chi connectivity index (χ0v) is 9.19. The van der Waals surface area contributed by atoms with Gasteiger partial charge in [-0.3, -0.25) is 10.1 Å². The molecule has 1 aromatic carbocycles. The number of nitro benzene ring substituents is 1. The molecule has 2 aromatic rings. The minimum absolute atomic E-state index is 0.0149. The fourth-order valence-electron chi connectivity index (χ4n) is 1.38. The van der Waals surface area contributed by atoms with E-state index in [1.54, 1.807) is 12.1 Å². The van der Waals surface area contributed by atoms with Crippen molar-refractivity contribution in [3.63, 3.8) is 0 Å². The van der Waals surface area contributed by atoms with Gasteiger partial charge >= 0.3 is 5.69 Å². The number of nitrogens with one attached hydrogen (secondary N) is 1. The van der Waals surface area contributed by atoms with Crippen molar-refractivity contribution >= 4 is 22.4 Å². The van der Waals surface area contributed by atoms with Gasteiger partial charge in [-0.1, -0.05) is 0 Å². The van der Waals surface area contributed by atoms with Crippen molar-refractivity contribution in [2.45, 2.75) is 0 Å². The van der Waals surface area contributed by atoms with E-state index in [9.17, 15) is 10.1 Å². The average molecular weight is 256 g/mol. The molecule has 1 N–H and O–H groups in total. The molecule has 2 rings (SSSR count). The second kappa shape index (κ2) is 4.81. The number of anilines is 1. The Labute approximate surface area is 105 Å². The normalized spacial score (nSPS) is 9.37. The standard InChI is InChI=1S/C10H4N6O3/c11-3-6(4-12)5-13-8-2-1-7-9(15-19-14-7)10(8)16(17)18/h1-2,5,13H. The fourth-order valence-corrected chi connectivity index (χ4v) is 1.38. The van der Waals surface area contributed by atoms with Crippen LogP contribution in [-0.2, 0) is 0 Å². The maximum Gasteiger partial charge on any atom is 0.323 e. The highest BCUT2D eigenvalue weighted by atomic mass is 16.6. The molecule has 1 aromatic heterocycles. The van der Waals surface area contributed by atoms with Gasteiger partial charge in [0.15, 0.2) is 0 Å². The third-order valence-electron chi connectivity index (χ3n) is 2.20. The molecule has 0 radical (unpaired) electrons. The van der Waals surface area contributed by atoms with Gasteiger partial charge in [-0.25, -0.2) is 4.63 Å². The summed E-state index contributed by atoms with van der Waals surface area (Å²) in [7, 11) is 0. The number of nitrogens with zero attached hydrogens (tertiary/aromatic N) is 5. The molecule has 9 nitrogen and oxygen atoms in total. The second-order valence-electron chi connectivity index (χ2n) is 3.28. The van der Waals surface area contributed by atoms with E-state index in [1.807, 2.05) is 0 Å². The number of benzene rings is 1. The Kier molecular flexibility index (Phi) is 3.04. The molecule has 9 heteroatoms. The minimum Gasteiger partial charge on any atom is -0.354 e. The van der Waals surface area contributed by atoms with Crippen LogP contribution in [0.2, 0.25) is 0 Å². The van der Waals surface area contributed by atoms with E-state index in [1.165, 1.54) is 12.1 Å². The van der Waals surface area contributed by atoms with Gasteiger partial charge in [0.05, 0.1) is 4.92 Å². The molecule has 0 spiro atoms. The van der Waals surface area contributed by atoms with Crippen LogP contribution in [0.1, 0.15) is 0 Å². The molecule has 92 valence electrons. The van der Waals surface area contributed by atoms with Gasteiger partial charge in [-0.15, -0.1) is 0 Å². The molecule has 0 aliphatic rings. The Morgan fingerprint density at radius 2 is 2.16 bits per heavy atom. The van der Waals surface area contributed by atoms with Crippen molar-refractivity contribution in [2.24, 2.45) is 0 Å². The van der Waals surface area contributed by atoms with E-state index in [0.717, 1.165) is 6.20 Å². The van der Waals surface area contributed by atoms with Gasteiger partial charge in [-0.05, 0) is 22.4 Å². The highest BCUT2D eigenvalue weighted by Gasteiger charge is 2.22. The summed E-state index contributed by atoms with van der Waals surface area (Å²) in [6.45, 7) is 0. The molecular weight excluding hydrogens is 252 g/mol. The van der Waals surface area contributed by atoms with E-state index < -0.39 is 4.92 Å². The lowest BCUT2D eigenvalue weighted by Gasteiger charge is -2.01. The van der Waals surface area contributed by atoms with Gasteiger partial charge in [0.2, 0.25) is 5.52 Å². The summed E-state index contributed by atoms with van der Waals surface area (Å²) in [5, 5.41) is 37.6. The molecule has 0 saturated carbocycles. The van der Waals surface area contributed by atoms with Crippen LogP contribution >= 0.6 is 0 Å². The largest absolute Gasteiger partial charge is 0.354 e. The maximum atomic E-state index is 11.0. The Morgan fingerprint density at radius 3 is 2.79 bits per heavy atom. The third-order valence-corrected chi connectivity index (χ3v) is 2.20. The van der Waals surface area contributed by atoms with Crippen LogP contribution in [0.4, 0.5) is 11.4 Å². The summed E-state index contributed by atoms with van der Waals surface area (Å²) < 4.78 is 4.43. The molecule has 0 bridgehead atoms. The average Bonchev–Trinajstić information content (AvgIpc) is 2.87. The monoisotopic (exact) mass is 256 g/mol. The molecule has 0 fully saturated rings. The highest BCUT2D eigenvalue weighted by molar-refractivity contribution is 5.90. The topological polar surface area (TPSA) is 142 Å². The summed E-state index contributed by atoms with van der Waals surface area (Å²) in [5.41, 5.74) is -0.255. The first-order chi connectivity index (χ1) is 9.17. The Morgan fingerprint density at radius 1 is 1.42 bits per heavy atom. The molecule has 0 aliphatic heterocycles. The third kappa shape index (κ3) is 2.16. The quantitative estimate of drug-likeness (QED) is 0.494. The Bertz CT molecular complexity index is 748. The number of aromatic nitrogens is 2. The Hall–Kier alpha value is -3.46. The van der Waals surface area contributed by atoms with E-state index in [0.29, 0.717) is 0 Å². The number of nitro groups is 1. The van der Waals surface area contributed by atoms with E-state index in [2.05, 4.69) is 20.3 Å². The first-order valence-electron chi connectivity index (χ1n) is 4.84. The lowest BCUT2D eigenvalue weighted by atomic mass is 10.2. The SMILES string of the molecule is N#CC(C#N)=CNc1ccc2nonc2c1[N+](=O)[O-]. The second-order valence-corrected chi connectivity index (χ2v) is 3.28. The van der Waals surface area contributed by atoms with Crippen molar-refractivity contribution in [3.05, 3.63) is 34.0 Å². The zero-order chi connectivity index (χ0) is 13.8. The van der Waals surface area contributed by atoms with Crippen LogP contribution in [0.3, 0.4) is 0 Å². The maximum absolute atomic E-state index is 11.0. The van der Waals surface area contributed by atoms with Gasteiger partial charge in [0.1, 0.15) is 28.9 Å². The Balaban J connectivity index is 2.52. The number of hydrogen-bond acceptors (Lipinski definition) is 8. The molecule has 0 aliphatic carbocycles. The summed E-state index contributed by atoms with van der Waals surface area (Å²) in [6, 6.07) is 6.10. The zero-order valence-electron chi connectivity index (χ0n) is 9.19. The van der Waals surface area contributed by atoms with E-state index in [-0.39, 0.29) is 28.0 Å². The van der Waals surface area contributed by atoms with E-state index >= 15 is 0 Å². The van der Waals surface area contributed by atoms with E-state index in [4.69, 9.17) is 10.5 Å². The van der Waals surface area contributed by atoms with Gasteiger partial charge in [0.25, 0.3) is 0 Å². The van der Waals surface area contributed by atoms with Gasteiger partial charge < -0.3 is 5.32 Å². The van der Waals surface area contributed by atoms with Gasteiger partial charge in [0, 0.05) is 6.20 Å². The molecule has 0 amide bonds. The molecule has 0 unspecified atom stereocenters. The summed E-state index contributed by atoms with van der Waals surface area (Å²) in [4.78, 5) is 10.4. The van der Waals surface area contributed by atoms with Crippen LogP contribution in [0, 0.1) is 32.8 Å². The summed E-state index contributed by atoms with van der Waals surface area (Å²) in [6.07, 6.45) is 1.07.